The van der Waals surface area contributed by atoms with Gasteiger partial charge < -0.3 is 38.1 Å². The number of unbranched alkanes of at least 4 members (excludes halogenated alkanes) is 20. The SMILES string of the molecule is CCCCCCCCC(=O)OCC(COC(=O)CCCCCCCC)CC(=O)OC[C@H]1CCCC[C@@H](COC(=O)CC(COC(=O)CCCCCCCC)COC(=O)CCCCCCCC)N1C(=O)OCCN(C)C. The van der Waals surface area contributed by atoms with Crippen LogP contribution in [-0.4, -0.2) is 131 Å². The van der Waals surface area contributed by atoms with Gasteiger partial charge in [-0.15, -0.1) is 0 Å². The van der Waals surface area contributed by atoms with Crippen molar-refractivity contribution in [2.45, 2.75) is 258 Å². The molecule has 2 atom stereocenters. The summed E-state index contributed by atoms with van der Waals surface area (Å²) in [5, 5.41) is 0. The first-order valence-corrected chi connectivity index (χ1v) is 29.9. The van der Waals surface area contributed by atoms with Gasteiger partial charge in [0.2, 0.25) is 0 Å². The third-order valence-corrected chi connectivity index (χ3v) is 13.7. The molecule has 0 aromatic carbocycles. The quantitative estimate of drug-likeness (QED) is 0.0317. The lowest BCUT2D eigenvalue weighted by molar-refractivity contribution is -0.156. The second kappa shape index (κ2) is 47.3. The van der Waals surface area contributed by atoms with Crippen molar-refractivity contribution in [3.63, 3.8) is 0 Å². The Balaban J connectivity index is 3.10. The minimum absolute atomic E-state index is 0.106. The van der Waals surface area contributed by atoms with Crippen LogP contribution < -0.4 is 0 Å². The first-order chi connectivity index (χ1) is 36.3. The number of ether oxygens (including phenoxy) is 7. The van der Waals surface area contributed by atoms with Gasteiger partial charge in [0, 0.05) is 44.1 Å². The van der Waals surface area contributed by atoms with E-state index < -0.39 is 42.0 Å². The molecule has 0 unspecified atom stereocenters. The molecule has 1 rings (SSSR count). The van der Waals surface area contributed by atoms with E-state index in [1.54, 1.807) is 0 Å². The van der Waals surface area contributed by atoms with Crippen LogP contribution in [0.3, 0.4) is 0 Å². The van der Waals surface area contributed by atoms with Crippen LogP contribution in [0.2, 0.25) is 0 Å². The Labute approximate surface area is 453 Å². The van der Waals surface area contributed by atoms with Crippen LogP contribution in [0.1, 0.15) is 246 Å². The van der Waals surface area contributed by atoms with Gasteiger partial charge in [0.15, 0.2) is 0 Å². The van der Waals surface area contributed by atoms with Gasteiger partial charge in [-0.25, -0.2) is 4.79 Å². The predicted octanol–water partition coefficient (Wildman–Crippen LogP) is 12.6. The van der Waals surface area contributed by atoms with Crippen LogP contribution in [0.4, 0.5) is 4.79 Å². The van der Waals surface area contributed by atoms with Gasteiger partial charge in [-0.05, 0) is 52.6 Å². The standard InChI is InChI=1S/C59H106N2O14/c1-7-11-15-19-23-27-35-53(62)70-43-49(44-71-54(63)36-28-24-20-16-12-8-2)41-57(66)74-47-51-33-31-32-34-52(61(51)59(68)69-40-39-60(5)6)48-75-58(67)42-50(45-72-55(64)37-29-25-21-17-13-9-3)46-73-56(65)38-30-26-22-18-14-10-4/h49-52H,7-48H2,1-6H3/t51-,52+. The Morgan fingerprint density at radius 3 is 0.987 bits per heavy atom. The number of amides is 1. The normalized spacial score (nSPS) is 14.7. The second-order valence-electron chi connectivity index (χ2n) is 21.2. The van der Waals surface area contributed by atoms with E-state index in [1.165, 1.54) is 30.6 Å². The predicted molar refractivity (Wildman–Crippen MR) is 292 cm³/mol. The van der Waals surface area contributed by atoms with E-state index in [0.29, 0.717) is 57.9 Å². The lowest BCUT2D eigenvalue weighted by atomic mass is 10.1. The van der Waals surface area contributed by atoms with Gasteiger partial charge in [0.1, 0.15) is 19.8 Å². The van der Waals surface area contributed by atoms with Crippen molar-refractivity contribution in [1.29, 1.82) is 0 Å². The Bertz CT molecular complexity index is 1350. The summed E-state index contributed by atoms with van der Waals surface area (Å²) in [6.07, 6.45) is 27.0. The van der Waals surface area contributed by atoms with E-state index >= 15 is 0 Å². The van der Waals surface area contributed by atoms with Crippen molar-refractivity contribution in [2.24, 2.45) is 11.8 Å². The van der Waals surface area contributed by atoms with E-state index in [-0.39, 0.29) is 109 Å². The van der Waals surface area contributed by atoms with Crippen LogP contribution in [0.15, 0.2) is 0 Å². The maximum atomic E-state index is 14.0. The summed E-state index contributed by atoms with van der Waals surface area (Å²) in [4.78, 5) is 95.5. The topological polar surface area (TPSA) is 191 Å². The van der Waals surface area contributed by atoms with Gasteiger partial charge in [-0.1, -0.05) is 169 Å². The largest absolute Gasteiger partial charge is 0.465 e. The van der Waals surface area contributed by atoms with E-state index in [1.807, 2.05) is 19.0 Å². The lowest BCUT2D eigenvalue weighted by Crippen LogP contribution is -2.51. The zero-order valence-corrected chi connectivity index (χ0v) is 48.1. The summed E-state index contributed by atoms with van der Waals surface area (Å²) in [7, 11) is 3.73. The van der Waals surface area contributed by atoms with E-state index in [2.05, 4.69) is 27.7 Å². The van der Waals surface area contributed by atoms with Crippen LogP contribution in [0.5, 0.6) is 0 Å². The van der Waals surface area contributed by atoms with Gasteiger partial charge >= 0.3 is 41.9 Å². The monoisotopic (exact) mass is 1070 g/mol. The summed E-state index contributed by atoms with van der Waals surface area (Å²) in [6, 6.07) is -1.22. The van der Waals surface area contributed by atoms with Crippen LogP contribution >= 0.6 is 0 Å². The molecule has 1 amide bonds. The molecule has 0 aromatic rings. The fraction of sp³-hybridized carbons (Fsp3) is 0.881. The van der Waals surface area contributed by atoms with Crippen molar-refractivity contribution >= 4 is 41.9 Å². The molecule has 1 aliphatic heterocycles. The molecule has 0 spiro atoms. The number of hydrogen-bond acceptors (Lipinski definition) is 15. The minimum Gasteiger partial charge on any atom is -0.465 e. The van der Waals surface area contributed by atoms with Gasteiger partial charge in [-0.2, -0.15) is 0 Å². The van der Waals surface area contributed by atoms with Crippen molar-refractivity contribution in [1.82, 2.24) is 9.80 Å². The average molecular weight is 1070 g/mol. The molecule has 75 heavy (non-hydrogen) atoms. The summed E-state index contributed by atoms with van der Waals surface area (Å²) in [5.74, 6) is -3.93. The van der Waals surface area contributed by atoms with Crippen LogP contribution in [0, 0.1) is 11.8 Å². The first kappa shape index (κ1) is 69.1. The van der Waals surface area contributed by atoms with Gasteiger partial charge in [-0.3, -0.25) is 33.7 Å². The number of esters is 6. The van der Waals surface area contributed by atoms with Crippen LogP contribution in [0.25, 0.3) is 0 Å². The van der Waals surface area contributed by atoms with Crippen molar-refractivity contribution in [3.8, 4) is 0 Å². The Kier molecular flexibility index (Phi) is 43.5. The van der Waals surface area contributed by atoms with E-state index in [9.17, 15) is 33.6 Å². The van der Waals surface area contributed by atoms with E-state index in [4.69, 9.17) is 33.2 Å². The second-order valence-corrected chi connectivity index (χ2v) is 21.2. The number of rotatable bonds is 47. The highest BCUT2D eigenvalue weighted by Crippen LogP contribution is 2.25. The molecule has 1 heterocycles. The highest BCUT2D eigenvalue weighted by atomic mass is 16.6. The Morgan fingerprint density at radius 2 is 0.693 bits per heavy atom. The summed E-state index contributed by atoms with van der Waals surface area (Å²) < 4.78 is 39.9. The third-order valence-electron chi connectivity index (χ3n) is 13.7. The highest BCUT2D eigenvalue weighted by molar-refractivity contribution is 5.73. The molecule has 0 N–H and O–H groups in total. The van der Waals surface area contributed by atoms with Crippen LogP contribution in [-0.2, 0) is 61.9 Å². The molecular weight excluding hydrogens is 961 g/mol. The molecule has 1 saturated heterocycles. The molecule has 0 aliphatic carbocycles. The summed E-state index contributed by atoms with van der Waals surface area (Å²) in [5.41, 5.74) is 0. The summed E-state index contributed by atoms with van der Waals surface area (Å²) in [6.45, 7) is 8.44. The maximum Gasteiger partial charge on any atom is 0.410 e. The number of nitrogens with zero attached hydrogens (tertiary/aromatic N) is 2. The van der Waals surface area contributed by atoms with Crippen molar-refractivity contribution in [2.75, 3.05) is 66.9 Å². The molecule has 0 bridgehead atoms. The van der Waals surface area contributed by atoms with E-state index in [0.717, 1.165) is 103 Å². The molecule has 0 saturated carbocycles. The molecule has 436 valence electrons. The zero-order valence-electron chi connectivity index (χ0n) is 48.1. The zero-order chi connectivity index (χ0) is 55.2. The molecule has 1 fully saturated rings. The number of hydrogen-bond donors (Lipinski definition) is 0. The third kappa shape index (κ3) is 39.1. The minimum atomic E-state index is -0.635. The molecular formula is C59H106N2O14. The highest BCUT2D eigenvalue weighted by Gasteiger charge is 2.36. The number of carbonyl (C=O) groups excluding carboxylic acids is 7. The number of carbonyl (C=O) groups is 7. The average Bonchev–Trinajstić information content (AvgIpc) is 3.60. The first-order valence-electron chi connectivity index (χ1n) is 29.9. The maximum absolute atomic E-state index is 14.0. The smallest absolute Gasteiger partial charge is 0.410 e. The number of likely N-dealkylation sites (N-methyl/N-ethyl adjacent to an activating group) is 1. The van der Waals surface area contributed by atoms with Gasteiger partial charge in [0.25, 0.3) is 0 Å². The fourth-order valence-electron chi connectivity index (χ4n) is 8.98. The molecule has 0 radical (unpaired) electrons. The summed E-state index contributed by atoms with van der Waals surface area (Å²) >= 11 is 0. The van der Waals surface area contributed by atoms with Crippen molar-refractivity contribution in [3.05, 3.63) is 0 Å². The van der Waals surface area contributed by atoms with Gasteiger partial charge in [0.05, 0.1) is 51.4 Å². The molecule has 16 heteroatoms. The molecule has 1 aliphatic rings. The Hall–Kier alpha value is -3.95. The van der Waals surface area contributed by atoms with Crippen molar-refractivity contribution < 1.29 is 66.7 Å². The molecule has 16 nitrogen and oxygen atoms in total. The molecule has 0 aromatic heterocycles. The lowest BCUT2D eigenvalue weighted by Gasteiger charge is -2.35. The Morgan fingerprint density at radius 1 is 0.400 bits per heavy atom. The number of likely N-dealkylation sites (tertiary alicyclic amines) is 1. The fourth-order valence-corrected chi connectivity index (χ4v) is 8.98.